The van der Waals surface area contributed by atoms with Gasteiger partial charge in [-0.15, -0.1) is 0 Å². The Labute approximate surface area is 124 Å². The minimum Gasteiger partial charge on any atom is -0.478 e. The fraction of sp³-hybridized carbons (Fsp3) is 0.462. The molecule has 1 fully saturated rings. The van der Waals surface area contributed by atoms with E-state index < -0.39 is 17.4 Å². The van der Waals surface area contributed by atoms with Crippen LogP contribution in [0.4, 0.5) is 10.1 Å². The lowest BCUT2D eigenvalue weighted by Gasteiger charge is -2.26. The molecule has 1 heterocycles. The first-order valence-electron chi connectivity index (χ1n) is 6.07. The van der Waals surface area contributed by atoms with E-state index in [1.165, 1.54) is 12.1 Å². The lowest BCUT2D eigenvalue weighted by atomic mass is 10.0. The Bertz CT molecular complexity index is 517. The van der Waals surface area contributed by atoms with Crippen LogP contribution in [0.3, 0.4) is 0 Å². The lowest BCUT2D eigenvalue weighted by molar-refractivity contribution is -0.00624. The molecule has 1 aliphatic heterocycles. The first-order chi connectivity index (χ1) is 9.49. The molecule has 1 aromatic carbocycles. The molecule has 7 heteroatoms. The van der Waals surface area contributed by atoms with E-state index in [9.17, 15) is 9.18 Å². The molecular weight excluding hydrogens is 333 g/mol. The van der Waals surface area contributed by atoms with E-state index in [2.05, 4.69) is 21.2 Å². The molecule has 0 bridgehead atoms. The topological polar surface area (TPSA) is 67.8 Å². The lowest BCUT2D eigenvalue weighted by Crippen LogP contribution is -2.39. The second kappa shape index (κ2) is 6.07. The van der Waals surface area contributed by atoms with Crippen LogP contribution in [0.25, 0.3) is 0 Å². The number of carbonyl (C=O) groups is 1. The molecule has 2 N–H and O–H groups in total. The van der Waals surface area contributed by atoms with Crippen molar-refractivity contribution in [3.05, 3.63) is 28.0 Å². The van der Waals surface area contributed by atoms with Crippen molar-refractivity contribution >= 4 is 27.6 Å². The molecule has 1 aliphatic rings. The maximum atomic E-state index is 14.1. The molecule has 20 heavy (non-hydrogen) atoms. The van der Waals surface area contributed by atoms with Crippen molar-refractivity contribution in [3.63, 3.8) is 0 Å². The Morgan fingerprint density at radius 2 is 2.40 bits per heavy atom. The Kier molecular flexibility index (Phi) is 4.62. The number of benzene rings is 1. The maximum absolute atomic E-state index is 14.1. The first kappa shape index (κ1) is 15.2. The highest BCUT2D eigenvalue weighted by Gasteiger charge is 2.35. The van der Waals surface area contributed by atoms with Gasteiger partial charge in [-0.05, 0) is 28.1 Å². The smallest absolute Gasteiger partial charge is 0.336 e. The molecule has 1 aromatic rings. The molecule has 2 rings (SSSR count). The number of ether oxygens (including phenoxy) is 2. The van der Waals surface area contributed by atoms with Crippen LogP contribution in [0.2, 0.25) is 0 Å². The van der Waals surface area contributed by atoms with Gasteiger partial charge in [-0.3, -0.25) is 0 Å². The van der Waals surface area contributed by atoms with Crippen molar-refractivity contribution in [2.45, 2.75) is 12.0 Å². The molecule has 0 aliphatic carbocycles. The third kappa shape index (κ3) is 2.94. The van der Waals surface area contributed by atoms with E-state index in [1.807, 2.05) is 0 Å². The van der Waals surface area contributed by atoms with Gasteiger partial charge in [0.1, 0.15) is 5.60 Å². The van der Waals surface area contributed by atoms with Crippen LogP contribution in [-0.4, -0.2) is 43.5 Å². The number of carboxylic acids is 1. The Morgan fingerprint density at radius 1 is 1.65 bits per heavy atom. The van der Waals surface area contributed by atoms with Crippen LogP contribution in [0, 0.1) is 5.82 Å². The van der Waals surface area contributed by atoms with Gasteiger partial charge >= 0.3 is 5.97 Å². The molecule has 1 unspecified atom stereocenters. The monoisotopic (exact) mass is 347 g/mol. The molecule has 0 spiro atoms. The predicted octanol–water partition coefficient (Wildman–Crippen LogP) is 2.50. The summed E-state index contributed by atoms with van der Waals surface area (Å²) in [7, 11) is 1.59. The van der Waals surface area contributed by atoms with E-state index in [0.29, 0.717) is 19.8 Å². The van der Waals surface area contributed by atoms with Crippen LogP contribution in [0.15, 0.2) is 16.6 Å². The Morgan fingerprint density at radius 3 is 2.95 bits per heavy atom. The van der Waals surface area contributed by atoms with Gasteiger partial charge in [0.15, 0.2) is 5.82 Å². The van der Waals surface area contributed by atoms with E-state index >= 15 is 0 Å². The standard InChI is InChI=1S/C13H15BrFNO4/c1-19-13(4-5-20-7-13)6-16-9-3-2-8(12(17)18)10(14)11(9)15/h2-3,16H,4-7H2,1H3,(H,17,18). The normalized spacial score (nSPS) is 21.9. The van der Waals surface area contributed by atoms with Gasteiger partial charge < -0.3 is 19.9 Å². The minimum atomic E-state index is -1.18. The molecular formula is C13H15BrFNO4. The summed E-state index contributed by atoms with van der Waals surface area (Å²) in [6.07, 6.45) is 0.729. The number of nitrogens with one attached hydrogen (secondary N) is 1. The Balaban J connectivity index is 2.14. The highest BCUT2D eigenvalue weighted by molar-refractivity contribution is 9.10. The van der Waals surface area contributed by atoms with Crippen LogP contribution >= 0.6 is 15.9 Å². The zero-order valence-electron chi connectivity index (χ0n) is 10.9. The minimum absolute atomic E-state index is 0.0656. The molecule has 5 nitrogen and oxygen atoms in total. The van der Waals surface area contributed by atoms with Gasteiger partial charge in [0, 0.05) is 26.7 Å². The molecule has 1 atom stereocenters. The summed E-state index contributed by atoms with van der Waals surface area (Å²) in [5.41, 5.74) is -0.353. The van der Waals surface area contributed by atoms with Crippen LogP contribution in [0.5, 0.6) is 0 Å². The second-order valence-electron chi connectivity index (χ2n) is 4.64. The van der Waals surface area contributed by atoms with E-state index in [4.69, 9.17) is 14.6 Å². The average molecular weight is 348 g/mol. The molecule has 110 valence electrons. The highest BCUT2D eigenvalue weighted by Crippen LogP contribution is 2.29. The van der Waals surface area contributed by atoms with Crippen molar-refractivity contribution in [2.24, 2.45) is 0 Å². The molecule has 0 amide bonds. The van der Waals surface area contributed by atoms with Crippen LogP contribution < -0.4 is 5.32 Å². The molecule has 1 saturated heterocycles. The first-order valence-corrected chi connectivity index (χ1v) is 6.86. The number of hydrogen-bond acceptors (Lipinski definition) is 4. The third-order valence-corrected chi connectivity index (χ3v) is 4.19. The zero-order chi connectivity index (χ0) is 14.8. The van der Waals surface area contributed by atoms with Gasteiger partial charge in [-0.2, -0.15) is 0 Å². The summed E-state index contributed by atoms with van der Waals surface area (Å²) in [5, 5.41) is 11.9. The molecule has 0 radical (unpaired) electrons. The number of carboxylic acid groups (broad SMARTS) is 1. The zero-order valence-corrected chi connectivity index (χ0v) is 12.5. The van der Waals surface area contributed by atoms with Crippen molar-refractivity contribution in [2.75, 3.05) is 32.2 Å². The number of halogens is 2. The second-order valence-corrected chi connectivity index (χ2v) is 5.43. The quantitative estimate of drug-likeness (QED) is 0.856. The summed E-state index contributed by atoms with van der Waals surface area (Å²) < 4.78 is 24.8. The fourth-order valence-corrected chi connectivity index (χ4v) is 2.58. The predicted molar refractivity (Wildman–Crippen MR) is 74.7 cm³/mol. The van der Waals surface area contributed by atoms with Gasteiger partial charge in [0.2, 0.25) is 0 Å². The van der Waals surface area contributed by atoms with Crippen LogP contribution in [-0.2, 0) is 9.47 Å². The number of methoxy groups -OCH3 is 1. The maximum Gasteiger partial charge on any atom is 0.336 e. The summed E-state index contributed by atoms with van der Waals surface area (Å²) in [5.74, 6) is -1.81. The number of aromatic carboxylic acids is 1. The van der Waals surface area contributed by atoms with Crippen LogP contribution in [0.1, 0.15) is 16.8 Å². The van der Waals surface area contributed by atoms with Gasteiger partial charge in [-0.25, -0.2) is 9.18 Å². The summed E-state index contributed by atoms with van der Waals surface area (Å²) >= 11 is 2.96. The summed E-state index contributed by atoms with van der Waals surface area (Å²) in [4.78, 5) is 10.9. The van der Waals surface area contributed by atoms with Crippen molar-refractivity contribution in [1.29, 1.82) is 0 Å². The number of hydrogen-bond donors (Lipinski definition) is 2. The Hall–Kier alpha value is -1.18. The average Bonchev–Trinajstić information content (AvgIpc) is 2.89. The number of anilines is 1. The van der Waals surface area contributed by atoms with Gasteiger partial charge in [0.05, 0.1) is 22.3 Å². The summed E-state index contributed by atoms with van der Waals surface area (Å²) in [6, 6.07) is 2.76. The van der Waals surface area contributed by atoms with Crippen molar-refractivity contribution < 1.29 is 23.8 Å². The highest BCUT2D eigenvalue weighted by atomic mass is 79.9. The van der Waals surface area contributed by atoms with E-state index in [-0.39, 0.29) is 15.7 Å². The largest absolute Gasteiger partial charge is 0.478 e. The van der Waals surface area contributed by atoms with E-state index in [1.54, 1.807) is 7.11 Å². The summed E-state index contributed by atoms with van der Waals surface area (Å²) in [6.45, 7) is 1.45. The third-order valence-electron chi connectivity index (χ3n) is 3.41. The van der Waals surface area contributed by atoms with Gasteiger partial charge in [0.25, 0.3) is 0 Å². The number of rotatable bonds is 5. The van der Waals surface area contributed by atoms with E-state index in [0.717, 1.165) is 6.42 Å². The molecule has 0 aromatic heterocycles. The SMILES string of the molecule is COC1(CNc2ccc(C(=O)O)c(Br)c2F)CCOC1. The fourth-order valence-electron chi connectivity index (χ4n) is 2.07. The van der Waals surface area contributed by atoms with Crippen molar-refractivity contribution in [1.82, 2.24) is 0 Å². The van der Waals surface area contributed by atoms with Gasteiger partial charge in [-0.1, -0.05) is 0 Å². The molecule has 0 saturated carbocycles. The van der Waals surface area contributed by atoms with Crippen molar-refractivity contribution in [3.8, 4) is 0 Å².